The summed E-state index contributed by atoms with van der Waals surface area (Å²) < 4.78 is 4.92. The maximum Gasteiger partial charge on any atom is 0.407 e. The van der Waals surface area contributed by atoms with Crippen molar-refractivity contribution in [2.75, 3.05) is 20.1 Å². The third-order valence-electron chi connectivity index (χ3n) is 2.33. The Bertz CT molecular complexity index is 462. The standard InChI is InChI=1S/C13H17N3O4/c1-14-11(17)7-15-12(18)8-16-13(19)20-9-10-5-3-2-4-6-10/h2-6H,7-9H2,1H3,(H,14,17)(H,15,18)(H,16,19). The number of carbonyl (C=O) groups excluding carboxylic acids is 3. The lowest BCUT2D eigenvalue weighted by atomic mass is 10.2. The maximum atomic E-state index is 11.3. The lowest BCUT2D eigenvalue weighted by Crippen LogP contribution is -2.41. The van der Waals surface area contributed by atoms with Crippen LogP contribution < -0.4 is 16.0 Å². The smallest absolute Gasteiger partial charge is 0.407 e. The summed E-state index contributed by atoms with van der Waals surface area (Å²) in [5, 5.41) is 6.99. The Morgan fingerprint density at radius 2 is 1.65 bits per heavy atom. The topological polar surface area (TPSA) is 96.5 Å². The van der Waals surface area contributed by atoms with Crippen molar-refractivity contribution in [1.29, 1.82) is 0 Å². The first-order valence-corrected chi connectivity index (χ1v) is 6.03. The third kappa shape index (κ3) is 6.39. The molecular weight excluding hydrogens is 262 g/mol. The summed E-state index contributed by atoms with van der Waals surface area (Å²) in [6.45, 7) is -0.243. The van der Waals surface area contributed by atoms with Crippen LogP contribution in [0.25, 0.3) is 0 Å². The van der Waals surface area contributed by atoms with Crippen molar-refractivity contribution in [3.8, 4) is 0 Å². The van der Waals surface area contributed by atoms with Gasteiger partial charge in [-0.2, -0.15) is 0 Å². The molecule has 0 unspecified atom stereocenters. The number of benzene rings is 1. The molecule has 0 saturated carbocycles. The van der Waals surface area contributed by atoms with Gasteiger partial charge < -0.3 is 20.7 Å². The molecule has 0 bridgehead atoms. The van der Waals surface area contributed by atoms with Crippen molar-refractivity contribution in [2.24, 2.45) is 0 Å². The van der Waals surface area contributed by atoms with Crippen LogP contribution >= 0.6 is 0 Å². The highest BCUT2D eigenvalue weighted by Crippen LogP contribution is 2.00. The van der Waals surface area contributed by atoms with Crippen LogP contribution in [0.4, 0.5) is 4.79 Å². The molecule has 7 nitrogen and oxygen atoms in total. The molecule has 0 aromatic heterocycles. The van der Waals surface area contributed by atoms with Gasteiger partial charge in [0.15, 0.2) is 0 Å². The van der Waals surface area contributed by atoms with Crippen molar-refractivity contribution >= 4 is 17.9 Å². The molecule has 3 N–H and O–H groups in total. The largest absolute Gasteiger partial charge is 0.445 e. The Hall–Kier alpha value is -2.57. The van der Waals surface area contributed by atoms with Gasteiger partial charge >= 0.3 is 6.09 Å². The van der Waals surface area contributed by atoms with Gasteiger partial charge in [-0.1, -0.05) is 30.3 Å². The SMILES string of the molecule is CNC(=O)CNC(=O)CNC(=O)OCc1ccccc1. The van der Waals surface area contributed by atoms with E-state index < -0.39 is 12.0 Å². The van der Waals surface area contributed by atoms with Crippen molar-refractivity contribution in [2.45, 2.75) is 6.61 Å². The van der Waals surface area contributed by atoms with Gasteiger partial charge in [0.1, 0.15) is 13.2 Å². The molecule has 0 atom stereocenters. The van der Waals surface area contributed by atoms with Gasteiger partial charge in [-0.05, 0) is 5.56 Å². The van der Waals surface area contributed by atoms with E-state index in [0.29, 0.717) is 0 Å². The molecule has 0 saturated heterocycles. The van der Waals surface area contributed by atoms with Crippen LogP contribution in [0, 0.1) is 0 Å². The van der Waals surface area contributed by atoms with Crippen molar-refractivity contribution < 1.29 is 19.1 Å². The molecule has 1 rings (SSSR count). The quantitative estimate of drug-likeness (QED) is 0.670. The van der Waals surface area contributed by atoms with E-state index in [4.69, 9.17) is 4.74 Å². The lowest BCUT2D eigenvalue weighted by Gasteiger charge is -2.07. The number of hydrogen-bond donors (Lipinski definition) is 3. The molecule has 0 spiro atoms. The fourth-order valence-corrected chi connectivity index (χ4v) is 1.26. The number of likely N-dealkylation sites (N-methyl/N-ethyl adjacent to an activating group) is 1. The molecule has 20 heavy (non-hydrogen) atoms. The van der Waals surface area contributed by atoms with E-state index in [9.17, 15) is 14.4 Å². The number of amides is 3. The highest BCUT2D eigenvalue weighted by Gasteiger charge is 2.07. The first-order chi connectivity index (χ1) is 9.61. The molecule has 108 valence electrons. The summed E-state index contributed by atoms with van der Waals surface area (Å²) in [5.74, 6) is -0.782. The second-order valence-electron chi connectivity index (χ2n) is 3.87. The maximum absolute atomic E-state index is 11.3. The Labute approximate surface area is 116 Å². The van der Waals surface area contributed by atoms with Crippen LogP contribution in [0.3, 0.4) is 0 Å². The van der Waals surface area contributed by atoms with Crippen LogP contribution in [-0.4, -0.2) is 38.0 Å². The summed E-state index contributed by atoms with van der Waals surface area (Å²) >= 11 is 0. The molecule has 0 aliphatic heterocycles. The third-order valence-corrected chi connectivity index (χ3v) is 2.33. The Morgan fingerprint density at radius 1 is 1.00 bits per heavy atom. The minimum atomic E-state index is -0.691. The van der Waals surface area contributed by atoms with Gasteiger partial charge in [0, 0.05) is 7.05 Å². The molecule has 0 aliphatic carbocycles. The zero-order valence-electron chi connectivity index (χ0n) is 11.1. The van der Waals surface area contributed by atoms with Crippen molar-refractivity contribution in [3.63, 3.8) is 0 Å². The summed E-state index contributed by atoms with van der Waals surface area (Å²) in [7, 11) is 1.47. The first-order valence-electron chi connectivity index (χ1n) is 6.03. The van der Waals surface area contributed by atoms with E-state index in [1.807, 2.05) is 30.3 Å². The molecule has 1 aromatic carbocycles. The average molecular weight is 279 g/mol. The van der Waals surface area contributed by atoms with E-state index in [2.05, 4.69) is 16.0 Å². The highest BCUT2D eigenvalue weighted by atomic mass is 16.5. The first kappa shape index (κ1) is 15.5. The van der Waals surface area contributed by atoms with Crippen molar-refractivity contribution in [1.82, 2.24) is 16.0 Å². The van der Waals surface area contributed by atoms with E-state index in [1.165, 1.54) is 7.05 Å². The van der Waals surface area contributed by atoms with Crippen LogP contribution in [0.2, 0.25) is 0 Å². The normalized spacial score (nSPS) is 9.45. The molecule has 0 aliphatic rings. The minimum Gasteiger partial charge on any atom is -0.445 e. The monoisotopic (exact) mass is 279 g/mol. The minimum absolute atomic E-state index is 0.129. The summed E-state index contributed by atoms with van der Waals surface area (Å²) in [6, 6.07) is 9.18. The molecular formula is C13H17N3O4. The molecule has 3 amide bonds. The Balaban J connectivity index is 2.16. The van der Waals surface area contributed by atoms with Crippen LogP contribution in [0.1, 0.15) is 5.56 Å². The number of carbonyl (C=O) groups is 3. The van der Waals surface area contributed by atoms with Crippen molar-refractivity contribution in [3.05, 3.63) is 35.9 Å². The van der Waals surface area contributed by atoms with E-state index in [-0.39, 0.29) is 25.6 Å². The van der Waals surface area contributed by atoms with Gasteiger partial charge in [-0.15, -0.1) is 0 Å². The van der Waals surface area contributed by atoms with Gasteiger partial charge in [0.25, 0.3) is 0 Å². The molecule has 0 radical (unpaired) electrons. The number of nitrogens with one attached hydrogen (secondary N) is 3. The van der Waals surface area contributed by atoms with E-state index in [1.54, 1.807) is 0 Å². The van der Waals surface area contributed by atoms with E-state index >= 15 is 0 Å². The summed E-state index contributed by atoms with van der Waals surface area (Å²) in [4.78, 5) is 33.5. The van der Waals surface area contributed by atoms with Gasteiger partial charge in [0.2, 0.25) is 11.8 Å². The second kappa shape index (κ2) is 8.52. The lowest BCUT2D eigenvalue weighted by molar-refractivity contribution is -0.125. The predicted molar refractivity (Wildman–Crippen MR) is 71.7 cm³/mol. The predicted octanol–water partition coefficient (Wildman–Crippen LogP) is -0.225. The van der Waals surface area contributed by atoms with E-state index in [0.717, 1.165) is 5.56 Å². The zero-order chi connectivity index (χ0) is 14.8. The average Bonchev–Trinajstić information content (AvgIpc) is 2.49. The summed E-state index contributed by atoms with van der Waals surface area (Å²) in [6.07, 6.45) is -0.691. The number of ether oxygens (including phenoxy) is 1. The zero-order valence-corrected chi connectivity index (χ0v) is 11.1. The number of rotatable bonds is 6. The van der Waals surface area contributed by atoms with Gasteiger partial charge in [-0.25, -0.2) is 4.79 Å². The second-order valence-corrected chi connectivity index (χ2v) is 3.87. The molecule has 0 heterocycles. The fourth-order valence-electron chi connectivity index (χ4n) is 1.26. The number of alkyl carbamates (subject to hydrolysis) is 1. The molecule has 1 aromatic rings. The summed E-state index contributed by atoms with van der Waals surface area (Å²) in [5.41, 5.74) is 0.853. The van der Waals surface area contributed by atoms with Gasteiger partial charge in [0.05, 0.1) is 6.54 Å². The molecule has 7 heteroatoms. The fraction of sp³-hybridized carbons (Fsp3) is 0.308. The Kier molecular flexibility index (Phi) is 6.60. The van der Waals surface area contributed by atoms with Crippen LogP contribution in [-0.2, 0) is 20.9 Å². The molecule has 0 fully saturated rings. The number of hydrogen-bond acceptors (Lipinski definition) is 4. The van der Waals surface area contributed by atoms with Gasteiger partial charge in [-0.3, -0.25) is 9.59 Å². The Morgan fingerprint density at radius 3 is 2.30 bits per heavy atom. The van der Waals surface area contributed by atoms with Crippen LogP contribution in [0.5, 0.6) is 0 Å². The van der Waals surface area contributed by atoms with Crippen LogP contribution in [0.15, 0.2) is 30.3 Å². The highest BCUT2D eigenvalue weighted by molar-refractivity contribution is 5.86.